The van der Waals surface area contributed by atoms with Crippen LogP contribution in [0.15, 0.2) is 38.8 Å². The zero-order chi connectivity index (χ0) is 21.4. The number of thiophene rings is 1. The predicted octanol–water partition coefficient (Wildman–Crippen LogP) is 3.83. The Labute approximate surface area is 181 Å². The van der Waals surface area contributed by atoms with Crippen LogP contribution in [-0.4, -0.2) is 47.8 Å². The summed E-state index contributed by atoms with van der Waals surface area (Å²) in [4.78, 5) is 2.13. The molecule has 3 rings (SSSR count). The van der Waals surface area contributed by atoms with Crippen molar-refractivity contribution in [2.45, 2.75) is 40.6 Å². The summed E-state index contributed by atoms with van der Waals surface area (Å²) in [6, 6.07) is 7.95. The lowest BCUT2D eigenvalue weighted by Crippen LogP contribution is -2.38. The van der Waals surface area contributed by atoms with Crippen LogP contribution in [0.3, 0.4) is 0 Å². The molecule has 2 aromatic rings. The van der Waals surface area contributed by atoms with Gasteiger partial charge in [0.05, 0.1) is 16.4 Å². The molecule has 1 aromatic heterocycles. The first-order chi connectivity index (χ1) is 13.5. The van der Waals surface area contributed by atoms with Gasteiger partial charge in [-0.2, -0.15) is 0 Å². The number of hydrogen-bond donors (Lipinski definition) is 1. The predicted molar refractivity (Wildman–Crippen MR) is 118 cm³/mol. The van der Waals surface area contributed by atoms with Crippen LogP contribution in [0.25, 0.3) is 0 Å². The smallest absolute Gasteiger partial charge is 0.271 e. The van der Waals surface area contributed by atoms with Crippen LogP contribution >= 0.6 is 22.9 Å². The highest BCUT2D eigenvalue weighted by Crippen LogP contribution is 2.39. The van der Waals surface area contributed by atoms with E-state index in [-0.39, 0.29) is 14.5 Å². The van der Waals surface area contributed by atoms with E-state index in [1.807, 2.05) is 0 Å². The molecule has 0 saturated carbocycles. The van der Waals surface area contributed by atoms with Crippen LogP contribution in [0.2, 0.25) is 5.02 Å². The van der Waals surface area contributed by atoms with Crippen molar-refractivity contribution in [3.8, 4) is 0 Å². The Morgan fingerprint density at radius 2 is 1.79 bits per heavy atom. The third-order valence-corrected chi connectivity index (χ3v) is 10.4. The van der Waals surface area contributed by atoms with Crippen LogP contribution in [0.1, 0.15) is 26.2 Å². The molecule has 1 atom stereocenters. The number of halogens is 1. The van der Waals surface area contributed by atoms with Gasteiger partial charge in [0.15, 0.2) is 0 Å². The molecule has 1 fully saturated rings. The van der Waals surface area contributed by atoms with Gasteiger partial charge in [0.1, 0.15) is 8.42 Å². The minimum absolute atomic E-state index is 0.0288. The summed E-state index contributed by atoms with van der Waals surface area (Å²) >= 11 is 7.16. The molecule has 1 aliphatic rings. The molecule has 1 aliphatic heterocycles. The Morgan fingerprint density at radius 1 is 1.10 bits per heavy atom. The number of hydrogen-bond acceptors (Lipinski definition) is 6. The number of nitrogens with zero attached hydrogens (tertiary/aromatic N) is 2. The van der Waals surface area contributed by atoms with Gasteiger partial charge in [-0.25, -0.2) is 21.1 Å². The van der Waals surface area contributed by atoms with Crippen molar-refractivity contribution < 1.29 is 16.8 Å². The molecule has 160 valence electrons. The second kappa shape index (κ2) is 8.43. The van der Waals surface area contributed by atoms with Gasteiger partial charge in [0.2, 0.25) is 0 Å². The number of anilines is 2. The molecule has 1 N–H and O–H groups in total. The summed E-state index contributed by atoms with van der Waals surface area (Å²) in [5.74, 6) is 0. The van der Waals surface area contributed by atoms with Gasteiger partial charge in [-0.3, -0.25) is 4.72 Å². The maximum atomic E-state index is 13.0. The number of nitrogens with one attached hydrogen (secondary N) is 1. The first kappa shape index (κ1) is 22.4. The van der Waals surface area contributed by atoms with E-state index in [0.29, 0.717) is 27.7 Å². The lowest BCUT2D eigenvalue weighted by atomic mass is 10.0. The fourth-order valence-corrected chi connectivity index (χ4v) is 7.57. The summed E-state index contributed by atoms with van der Waals surface area (Å²) in [7, 11) is -4.87. The second-order valence-electron chi connectivity index (χ2n) is 7.14. The largest absolute Gasteiger partial charge is 0.366 e. The molecule has 0 amide bonds. The molecule has 2 heterocycles. The lowest BCUT2D eigenvalue weighted by Gasteiger charge is -2.37. The van der Waals surface area contributed by atoms with E-state index < -0.39 is 20.0 Å². The zero-order valence-electron chi connectivity index (χ0n) is 16.4. The molecule has 0 aliphatic carbocycles. The van der Waals surface area contributed by atoms with E-state index in [9.17, 15) is 16.8 Å². The fraction of sp³-hybridized carbons (Fsp3) is 0.444. The van der Waals surface area contributed by atoms with Gasteiger partial charge in [-0.15, -0.1) is 11.3 Å². The van der Waals surface area contributed by atoms with Gasteiger partial charge in [0, 0.05) is 26.7 Å². The summed E-state index contributed by atoms with van der Waals surface area (Å²) in [6.07, 6.45) is 3.15. The number of piperidine rings is 1. The molecular formula is C18H24ClN3O4S3. The van der Waals surface area contributed by atoms with E-state index in [1.54, 1.807) is 18.2 Å². The van der Waals surface area contributed by atoms with Crippen molar-refractivity contribution in [3.63, 3.8) is 0 Å². The van der Waals surface area contributed by atoms with Gasteiger partial charge in [-0.05, 0) is 50.5 Å². The van der Waals surface area contributed by atoms with Crippen molar-refractivity contribution in [3.05, 3.63) is 35.4 Å². The third kappa shape index (κ3) is 4.56. The molecule has 0 spiro atoms. The van der Waals surface area contributed by atoms with E-state index in [1.165, 1.54) is 26.2 Å². The maximum Gasteiger partial charge on any atom is 0.271 e. The normalized spacial score (nSPS) is 18.2. The number of rotatable bonds is 6. The minimum atomic E-state index is -3.97. The monoisotopic (exact) mass is 477 g/mol. The topological polar surface area (TPSA) is 86.8 Å². The van der Waals surface area contributed by atoms with Crippen molar-refractivity contribution in [2.24, 2.45) is 0 Å². The molecule has 7 nitrogen and oxygen atoms in total. The van der Waals surface area contributed by atoms with Crippen molar-refractivity contribution in [1.29, 1.82) is 0 Å². The molecule has 0 radical (unpaired) electrons. The number of para-hydroxylation sites is 1. The SMILES string of the molecule is CC1CCCCN1c1c(Cl)cccc1NS(=O)(=O)c1ccc(S(=O)(=O)N(C)C)s1. The second-order valence-corrected chi connectivity index (χ2v) is 12.9. The quantitative estimate of drug-likeness (QED) is 0.683. The van der Waals surface area contributed by atoms with Crippen molar-refractivity contribution in [1.82, 2.24) is 4.31 Å². The van der Waals surface area contributed by atoms with Crippen LogP contribution in [0.4, 0.5) is 11.4 Å². The first-order valence-electron chi connectivity index (χ1n) is 9.14. The van der Waals surface area contributed by atoms with Crippen LogP contribution in [-0.2, 0) is 20.0 Å². The molecule has 29 heavy (non-hydrogen) atoms. The van der Waals surface area contributed by atoms with E-state index >= 15 is 0 Å². The van der Waals surface area contributed by atoms with Gasteiger partial charge < -0.3 is 4.90 Å². The number of sulfonamides is 2. The highest BCUT2D eigenvalue weighted by atomic mass is 35.5. The van der Waals surface area contributed by atoms with Crippen LogP contribution in [0.5, 0.6) is 0 Å². The Morgan fingerprint density at radius 3 is 2.45 bits per heavy atom. The van der Waals surface area contributed by atoms with Crippen molar-refractivity contribution >= 4 is 54.4 Å². The first-order valence-corrected chi connectivity index (χ1v) is 13.3. The summed E-state index contributed by atoms with van der Waals surface area (Å²) < 4.78 is 54.0. The highest BCUT2D eigenvalue weighted by Gasteiger charge is 2.27. The Bertz CT molecular complexity index is 1100. The van der Waals surface area contributed by atoms with E-state index in [2.05, 4.69) is 16.5 Å². The van der Waals surface area contributed by atoms with Crippen LogP contribution < -0.4 is 9.62 Å². The molecule has 1 unspecified atom stereocenters. The zero-order valence-corrected chi connectivity index (χ0v) is 19.6. The van der Waals surface area contributed by atoms with Crippen LogP contribution in [0, 0.1) is 0 Å². The molecule has 11 heteroatoms. The summed E-state index contributed by atoms with van der Waals surface area (Å²) in [5.41, 5.74) is 1.04. The Kier molecular flexibility index (Phi) is 6.50. The molecule has 1 aromatic carbocycles. The molecule has 1 saturated heterocycles. The molecule has 0 bridgehead atoms. The number of benzene rings is 1. The standard InChI is InChI=1S/C18H24ClN3O4S3/c1-13-7-4-5-12-22(13)18-14(19)8-6-9-15(18)20-28(23,24)16-10-11-17(27-16)29(25,26)21(2)3/h6,8-11,13,20H,4-5,7,12H2,1-3H3. The highest BCUT2D eigenvalue weighted by molar-refractivity contribution is 7.96. The van der Waals surface area contributed by atoms with Gasteiger partial charge in [-0.1, -0.05) is 17.7 Å². The Hall–Kier alpha value is -1.33. The molecular weight excluding hydrogens is 454 g/mol. The Balaban J connectivity index is 1.96. The fourth-order valence-electron chi connectivity index (χ4n) is 3.28. The maximum absolute atomic E-state index is 13.0. The average Bonchev–Trinajstić information content (AvgIpc) is 3.14. The lowest BCUT2D eigenvalue weighted by molar-refractivity contribution is 0.485. The summed E-state index contributed by atoms with van der Waals surface area (Å²) in [6.45, 7) is 2.89. The van der Waals surface area contributed by atoms with Gasteiger partial charge in [0.25, 0.3) is 20.0 Å². The minimum Gasteiger partial charge on any atom is -0.366 e. The average molecular weight is 478 g/mol. The summed E-state index contributed by atoms with van der Waals surface area (Å²) in [5, 5.41) is 0.473. The third-order valence-electron chi connectivity index (χ3n) is 4.88. The van der Waals surface area contributed by atoms with E-state index in [0.717, 1.165) is 30.1 Å². The van der Waals surface area contributed by atoms with Crippen molar-refractivity contribution in [2.75, 3.05) is 30.3 Å². The van der Waals surface area contributed by atoms with E-state index in [4.69, 9.17) is 11.6 Å². The van der Waals surface area contributed by atoms with Gasteiger partial charge >= 0.3 is 0 Å².